The molecule has 2 N–H and O–H groups in total. The lowest BCUT2D eigenvalue weighted by Crippen LogP contribution is -2.48. The van der Waals surface area contributed by atoms with Gasteiger partial charge < -0.3 is 15.3 Å². The SMILES string of the molecule is CCCCNC(=NCCCn1cncn1)N1CCCC(O)C1. The number of aliphatic hydroxyl groups excluding tert-OH is 1. The van der Waals surface area contributed by atoms with Crippen LogP contribution in [-0.4, -0.2) is 63.0 Å². The number of aryl methyl sites for hydroxylation is 1. The summed E-state index contributed by atoms with van der Waals surface area (Å²) < 4.78 is 1.82. The first-order valence-electron chi connectivity index (χ1n) is 8.33. The molecule has 1 fully saturated rings. The number of aliphatic imine (C=N–C) groups is 1. The molecule has 1 aliphatic rings. The Morgan fingerprint density at radius 1 is 1.45 bits per heavy atom. The van der Waals surface area contributed by atoms with Crippen molar-refractivity contribution in [2.45, 2.75) is 51.7 Å². The maximum absolute atomic E-state index is 9.85. The Hall–Kier alpha value is -1.63. The minimum absolute atomic E-state index is 0.234. The predicted molar refractivity (Wildman–Crippen MR) is 86.7 cm³/mol. The van der Waals surface area contributed by atoms with E-state index < -0.39 is 0 Å². The van der Waals surface area contributed by atoms with Crippen molar-refractivity contribution in [3.8, 4) is 0 Å². The van der Waals surface area contributed by atoms with Crippen LogP contribution in [0.15, 0.2) is 17.6 Å². The molecule has 124 valence electrons. The summed E-state index contributed by atoms with van der Waals surface area (Å²) in [5, 5.41) is 17.4. The third-order valence-corrected chi connectivity index (χ3v) is 3.78. The van der Waals surface area contributed by atoms with E-state index in [2.05, 4.69) is 27.2 Å². The van der Waals surface area contributed by atoms with Crippen molar-refractivity contribution in [3.05, 3.63) is 12.7 Å². The van der Waals surface area contributed by atoms with Crippen LogP contribution in [0.2, 0.25) is 0 Å². The molecule has 7 nitrogen and oxygen atoms in total. The van der Waals surface area contributed by atoms with Crippen LogP contribution in [0.25, 0.3) is 0 Å². The summed E-state index contributed by atoms with van der Waals surface area (Å²) >= 11 is 0. The number of nitrogens with one attached hydrogen (secondary N) is 1. The van der Waals surface area contributed by atoms with Crippen molar-refractivity contribution in [3.63, 3.8) is 0 Å². The summed E-state index contributed by atoms with van der Waals surface area (Å²) in [5.74, 6) is 0.936. The highest BCUT2D eigenvalue weighted by atomic mass is 16.3. The molecule has 1 aromatic rings. The lowest BCUT2D eigenvalue weighted by molar-refractivity contribution is 0.101. The largest absolute Gasteiger partial charge is 0.391 e. The van der Waals surface area contributed by atoms with Gasteiger partial charge in [-0.2, -0.15) is 5.10 Å². The maximum atomic E-state index is 9.85. The number of hydrogen-bond acceptors (Lipinski definition) is 4. The number of aromatic nitrogens is 3. The Labute approximate surface area is 132 Å². The lowest BCUT2D eigenvalue weighted by Gasteiger charge is -2.33. The number of β-amino-alcohol motifs (C(OH)–C–C–N with tert-alkyl or cyclic N) is 1. The van der Waals surface area contributed by atoms with Crippen molar-refractivity contribution < 1.29 is 5.11 Å². The number of nitrogens with zero attached hydrogens (tertiary/aromatic N) is 5. The molecule has 1 unspecified atom stereocenters. The van der Waals surface area contributed by atoms with Crippen LogP contribution >= 0.6 is 0 Å². The van der Waals surface area contributed by atoms with Gasteiger partial charge in [0.25, 0.3) is 0 Å². The molecule has 1 aromatic heterocycles. The van der Waals surface area contributed by atoms with Gasteiger partial charge in [-0.1, -0.05) is 13.3 Å². The van der Waals surface area contributed by atoms with Crippen LogP contribution in [-0.2, 0) is 6.54 Å². The summed E-state index contributed by atoms with van der Waals surface area (Å²) in [5.41, 5.74) is 0. The first kappa shape index (κ1) is 16.7. The molecule has 0 bridgehead atoms. The molecule has 1 saturated heterocycles. The third kappa shape index (κ3) is 5.63. The number of unbranched alkanes of at least 4 members (excludes halogenated alkanes) is 1. The normalized spacial score (nSPS) is 19.5. The molecule has 2 heterocycles. The molecule has 0 saturated carbocycles. The van der Waals surface area contributed by atoms with Crippen molar-refractivity contribution in [2.75, 3.05) is 26.2 Å². The fourth-order valence-electron chi connectivity index (χ4n) is 2.56. The van der Waals surface area contributed by atoms with E-state index in [1.807, 2.05) is 4.68 Å². The summed E-state index contributed by atoms with van der Waals surface area (Å²) in [7, 11) is 0. The zero-order valence-corrected chi connectivity index (χ0v) is 13.5. The molecule has 1 aliphatic heterocycles. The summed E-state index contributed by atoms with van der Waals surface area (Å²) in [6.07, 6.45) is 8.19. The van der Waals surface area contributed by atoms with Crippen LogP contribution in [0, 0.1) is 0 Å². The molecule has 22 heavy (non-hydrogen) atoms. The van der Waals surface area contributed by atoms with Crippen LogP contribution < -0.4 is 5.32 Å². The molecular formula is C15H28N6O. The Kier molecular flexibility index (Phi) is 7.15. The van der Waals surface area contributed by atoms with Gasteiger partial charge in [-0.25, -0.2) is 4.98 Å². The molecule has 0 aromatic carbocycles. The lowest BCUT2D eigenvalue weighted by atomic mass is 10.1. The monoisotopic (exact) mass is 308 g/mol. The molecule has 2 rings (SSSR count). The molecule has 0 spiro atoms. The van der Waals surface area contributed by atoms with Crippen molar-refractivity contribution in [2.24, 2.45) is 4.99 Å². The van der Waals surface area contributed by atoms with E-state index in [4.69, 9.17) is 4.99 Å². The quantitative estimate of drug-likeness (QED) is 0.444. The van der Waals surface area contributed by atoms with Crippen molar-refractivity contribution in [1.29, 1.82) is 0 Å². The van der Waals surface area contributed by atoms with Crippen LogP contribution in [0.1, 0.15) is 39.0 Å². The van der Waals surface area contributed by atoms with Gasteiger partial charge in [-0.15, -0.1) is 0 Å². The second kappa shape index (κ2) is 9.40. The molecule has 7 heteroatoms. The number of aliphatic hydroxyl groups is 1. The fourth-order valence-corrected chi connectivity index (χ4v) is 2.56. The Bertz CT molecular complexity index is 433. The third-order valence-electron chi connectivity index (χ3n) is 3.78. The summed E-state index contributed by atoms with van der Waals surface area (Å²) in [6.45, 7) is 6.35. The van der Waals surface area contributed by atoms with E-state index in [1.54, 1.807) is 12.7 Å². The van der Waals surface area contributed by atoms with E-state index >= 15 is 0 Å². The molecular weight excluding hydrogens is 280 g/mol. The van der Waals surface area contributed by atoms with Gasteiger partial charge in [0, 0.05) is 32.7 Å². The predicted octanol–water partition coefficient (Wildman–Crippen LogP) is 0.871. The smallest absolute Gasteiger partial charge is 0.194 e. The molecule has 1 atom stereocenters. The highest BCUT2D eigenvalue weighted by Gasteiger charge is 2.20. The van der Waals surface area contributed by atoms with Gasteiger partial charge in [-0.3, -0.25) is 9.67 Å². The van der Waals surface area contributed by atoms with Crippen LogP contribution in [0.4, 0.5) is 0 Å². The van der Waals surface area contributed by atoms with Crippen molar-refractivity contribution >= 4 is 5.96 Å². The highest BCUT2D eigenvalue weighted by molar-refractivity contribution is 5.80. The highest BCUT2D eigenvalue weighted by Crippen LogP contribution is 2.10. The number of rotatable bonds is 7. The van der Waals surface area contributed by atoms with Gasteiger partial charge in [0.1, 0.15) is 12.7 Å². The van der Waals surface area contributed by atoms with Gasteiger partial charge in [0.15, 0.2) is 5.96 Å². The topological polar surface area (TPSA) is 78.6 Å². The molecule has 0 radical (unpaired) electrons. The average Bonchev–Trinajstić information content (AvgIpc) is 3.03. The first-order valence-corrected chi connectivity index (χ1v) is 8.33. The minimum Gasteiger partial charge on any atom is -0.391 e. The van der Waals surface area contributed by atoms with Gasteiger partial charge in [0.2, 0.25) is 0 Å². The first-order chi connectivity index (χ1) is 10.8. The van der Waals surface area contributed by atoms with E-state index in [0.717, 1.165) is 64.2 Å². The minimum atomic E-state index is -0.234. The zero-order chi connectivity index (χ0) is 15.6. The second-order valence-corrected chi connectivity index (χ2v) is 5.74. The number of piperidine rings is 1. The van der Waals surface area contributed by atoms with Gasteiger partial charge >= 0.3 is 0 Å². The zero-order valence-electron chi connectivity index (χ0n) is 13.5. The Morgan fingerprint density at radius 2 is 2.36 bits per heavy atom. The number of hydrogen-bond donors (Lipinski definition) is 2. The van der Waals surface area contributed by atoms with E-state index in [0.29, 0.717) is 6.54 Å². The van der Waals surface area contributed by atoms with E-state index in [1.165, 1.54) is 0 Å². The molecule has 0 amide bonds. The summed E-state index contributed by atoms with van der Waals surface area (Å²) in [4.78, 5) is 10.8. The average molecular weight is 308 g/mol. The van der Waals surface area contributed by atoms with E-state index in [-0.39, 0.29) is 6.10 Å². The fraction of sp³-hybridized carbons (Fsp3) is 0.800. The maximum Gasteiger partial charge on any atom is 0.194 e. The Morgan fingerprint density at radius 3 is 3.09 bits per heavy atom. The number of guanidine groups is 1. The standard InChI is InChI=1S/C15H28N6O/c1-2-3-7-17-15(20-9-4-6-14(22)11-20)18-8-5-10-21-13-16-12-19-21/h12-14,22H,2-11H2,1H3,(H,17,18). The van der Waals surface area contributed by atoms with Crippen LogP contribution in [0.3, 0.4) is 0 Å². The van der Waals surface area contributed by atoms with E-state index in [9.17, 15) is 5.11 Å². The molecule has 0 aliphatic carbocycles. The summed E-state index contributed by atoms with van der Waals surface area (Å²) in [6, 6.07) is 0. The second-order valence-electron chi connectivity index (χ2n) is 5.74. The Balaban J connectivity index is 1.83. The number of likely N-dealkylation sites (tertiary alicyclic amines) is 1. The van der Waals surface area contributed by atoms with Gasteiger partial charge in [-0.05, 0) is 25.7 Å². The van der Waals surface area contributed by atoms with Crippen molar-refractivity contribution in [1.82, 2.24) is 25.0 Å². The van der Waals surface area contributed by atoms with Gasteiger partial charge in [0.05, 0.1) is 6.10 Å². The van der Waals surface area contributed by atoms with Crippen LogP contribution in [0.5, 0.6) is 0 Å².